The van der Waals surface area contributed by atoms with Crippen LogP contribution in [-0.4, -0.2) is 33.4 Å². The molecule has 5 heteroatoms. The second kappa shape index (κ2) is 4.96. The molecule has 0 spiro atoms. The van der Waals surface area contributed by atoms with Crippen molar-refractivity contribution in [1.82, 2.24) is 15.0 Å². The Balaban J connectivity index is 2.20. The average molecular weight is 237 g/mol. The maximum absolute atomic E-state index is 11.2. The van der Waals surface area contributed by atoms with Crippen molar-refractivity contribution in [2.75, 3.05) is 6.54 Å². The van der Waals surface area contributed by atoms with Gasteiger partial charge in [0.15, 0.2) is 0 Å². The van der Waals surface area contributed by atoms with E-state index in [4.69, 9.17) is 4.52 Å². The van der Waals surface area contributed by atoms with E-state index in [0.717, 1.165) is 13.0 Å². The predicted molar refractivity (Wildman–Crippen MR) is 62.7 cm³/mol. The van der Waals surface area contributed by atoms with Crippen LogP contribution < -0.4 is 0 Å². The van der Waals surface area contributed by atoms with Crippen LogP contribution in [0.3, 0.4) is 0 Å². The molecule has 0 amide bonds. The quantitative estimate of drug-likeness (QED) is 0.754. The number of nitrogens with zero attached hydrogens (tertiary/aromatic N) is 3. The van der Waals surface area contributed by atoms with Crippen molar-refractivity contribution in [3.05, 3.63) is 11.7 Å². The van der Waals surface area contributed by atoms with Gasteiger partial charge in [-0.25, -0.2) is 0 Å². The standard InChI is InChI=1S/C12H19N3O2/c1-8(2)15-7-5-4-6-10(15)12-13-11(9(3)16)14-17-12/h8,10H,4-7H2,1-3H3. The molecule has 0 aromatic carbocycles. The first kappa shape index (κ1) is 12.2. The smallest absolute Gasteiger partial charge is 0.244 e. The molecule has 17 heavy (non-hydrogen) atoms. The summed E-state index contributed by atoms with van der Waals surface area (Å²) in [5.74, 6) is 0.629. The first-order valence-electron chi connectivity index (χ1n) is 6.20. The number of hydrogen-bond acceptors (Lipinski definition) is 5. The van der Waals surface area contributed by atoms with Gasteiger partial charge in [-0.3, -0.25) is 9.69 Å². The molecule has 1 aliphatic rings. The van der Waals surface area contributed by atoms with E-state index in [1.54, 1.807) is 0 Å². The number of Topliss-reactive ketones (excluding diaryl/α,β-unsaturated/α-hetero) is 1. The number of likely N-dealkylation sites (tertiary alicyclic amines) is 1. The molecule has 94 valence electrons. The Morgan fingerprint density at radius 2 is 2.24 bits per heavy atom. The van der Waals surface area contributed by atoms with E-state index in [0.29, 0.717) is 11.9 Å². The Morgan fingerprint density at radius 3 is 2.82 bits per heavy atom. The SMILES string of the molecule is CC(=O)c1noc(C2CCCCN2C(C)C)n1. The number of carbonyl (C=O) groups excluding carboxylic acids is 1. The van der Waals surface area contributed by atoms with Gasteiger partial charge < -0.3 is 4.52 Å². The Labute approximate surface area is 101 Å². The lowest BCUT2D eigenvalue weighted by Crippen LogP contribution is -2.38. The first-order chi connectivity index (χ1) is 8.09. The summed E-state index contributed by atoms with van der Waals surface area (Å²) < 4.78 is 5.22. The number of ketones is 1. The van der Waals surface area contributed by atoms with Gasteiger partial charge in [-0.2, -0.15) is 4.98 Å². The van der Waals surface area contributed by atoms with Gasteiger partial charge in [0, 0.05) is 13.0 Å². The molecule has 0 saturated carbocycles. The normalized spacial score (nSPS) is 22.0. The van der Waals surface area contributed by atoms with Crippen molar-refractivity contribution < 1.29 is 9.32 Å². The summed E-state index contributed by atoms with van der Waals surface area (Å²) in [4.78, 5) is 17.7. The molecule has 0 radical (unpaired) electrons. The zero-order chi connectivity index (χ0) is 12.4. The lowest BCUT2D eigenvalue weighted by molar-refractivity contribution is 0.0874. The number of piperidine rings is 1. The number of rotatable bonds is 3. The summed E-state index contributed by atoms with van der Waals surface area (Å²) in [6, 6.07) is 0.623. The Kier molecular flexibility index (Phi) is 3.57. The Bertz CT molecular complexity index is 400. The lowest BCUT2D eigenvalue weighted by Gasteiger charge is -2.36. The minimum Gasteiger partial charge on any atom is -0.337 e. The van der Waals surface area contributed by atoms with E-state index < -0.39 is 0 Å². The third-order valence-electron chi connectivity index (χ3n) is 3.25. The highest BCUT2D eigenvalue weighted by atomic mass is 16.5. The molecule has 0 aliphatic carbocycles. The highest BCUT2D eigenvalue weighted by Gasteiger charge is 2.30. The first-order valence-corrected chi connectivity index (χ1v) is 6.20. The molecule has 1 aliphatic heterocycles. The van der Waals surface area contributed by atoms with Crippen LogP contribution in [0.2, 0.25) is 0 Å². The van der Waals surface area contributed by atoms with E-state index in [2.05, 4.69) is 28.9 Å². The minimum atomic E-state index is -0.146. The topological polar surface area (TPSA) is 59.2 Å². The molecule has 1 saturated heterocycles. The van der Waals surface area contributed by atoms with Gasteiger partial charge in [-0.1, -0.05) is 11.6 Å². The summed E-state index contributed by atoms with van der Waals surface area (Å²) in [5, 5.41) is 3.72. The van der Waals surface area contributed by atoms with Crippen LogP contribution in [0.5, 0.6) is 0 Å². The van der Waals surface area contributed by atoms with Crippen molar-refractivity contribution in [2.24, 2.45) is 0 Å². The second-order valence-corrected chi connectivity index (χ2v) is 4.86. The third-order valence-corrected chi connectivity index (χ3v) is 3.25. The van der Waals surface area contributed by atoms with Gasteiger partial charge in [0.25, 0.3) is 0 Å². The molecule has 1 unspecified atom stereocenters. The van der Waals surface area contributed by atoms with E-state index in [-0.39, 0.29) is 17.6 Å². The molecule has 1 fully saturated rings. The molecule has 0 N–H and O–H groups in total. The molecule has 2 heterocycles. The summed E-state index contributed by atoms with van der Waals surface area (Å²) in [6.07, 6.45) is 3.41. The van der Waals surface area contributed by atoms with Crippen molar-refractivity contribution in [2.45, 2.75) is 52.1 Å². The monoisotopic (exact) mass is 237 g/mol. The van der Waals surface area contributed by atoms with Gasteiger partial charge in [-0.05, 0) is 33.2 Å². The van der Waals surface area contributed by atoms with E-state index in [1.165, 1.54) is 19.8 Å². The summed E-state index contributed by atoms with van der Waals surface area (Å²) in [7, 11) is 0. The largest absolute Gasteiger partial charge is 0.337 e. The lowest BCUT2D eigenvalue weighted by atomic mass is 10.0. The zero-order valence-corrected chi connectivity index (χ0v) is 10.6. The molecule has 1 aromatic rings. The molecule has 1 aromatic heterocycles. The van der Waals surface area contributed by atoms with Crippen LogP contribution in [0, 0.1) is 0 Å². The van der Waals surface area contributed by atoms with Crippen LogP contribution in [0.25, 0.3) is 0 Å². The summed E-state index contributed by atoms with van der Waals surface area (Å²) >= 11 is 0. The second-order valence-electron chi connectivity index (χ2n) is 4.86. The van der Waals surface area contributed by atoms with Gasteiger partial charge in [0.05, 0.1) is 6.04 Å². The highest BCUT2D eigenvalue weighted by molar-refractivity contribution is 5.89. The summed E-state index contributed by atoms with van der Waals surface area (Å²) in [5.41, 5.74) is 0. The zero-order valence-electron chi connectivity index (χ0n) is 10.6. The van der Waals surface area contributed by atoms with Crippen molar-refractivity contribution >= 4 is 5.78 Å². The molecule has 1 atom stereocenters. The molecule has 2 rings (SSSR count). The van der Waals surface area contributed by atoms with E-state index >= 15 is 0 Å². The maximum Gasteiger partial charge on any atom is 0.244 e. The van der Waals surface area contributed by atoms with E-state index in [9.17, 15) is 4.79 Å². The van der Waals surface area contributed by atoms with Crippen LogP contribution in [0.1, 0.15) is 62.6 Å². The van der Waals surface area contributed by atoms with Crippen molar-refractivity contribution in [1.29, 1.82) is 0 Å². The van der Waals surface area contributed by atoms with Crippen LogP contribution >= 0.6 is 0 Å². The minimum absolute atomic E-state index is 0.146. The number of aromatic nitrogens is 2. The average Bonchev–Trinajstić information content (AvgIpc) is 2.78. The maximum atomic E-state index is 11.2. The van der Waals surface area contributed by atoms with Gasteiger partial charge in [0.2, 0.25) is 17.5 Å². The molecule has 0 bridgehead atoms. The van der Waals surface area contributed by atoms with Gasteiger partial charge in [-0.15, -0.1) is 0 Å². The predicted octanol–water partition coefficient (Wildman–Crippen LogP) is 2.21. The van der Waals surface area contributed by atoms with E-state index in [1.807, 2.05) is 0 Å². The highest BCUT2D eigenvalue weighted by Crippen LogP contribution is 2.31. The third kappa shape index (κ3) is 2.54. The molecular formula is C12H19N3O2. The van der Waals surface area contributed by atoms with Crippen molar-refractivity contribution in [3.8, 4) is 0 Å². The molecular weight excluding hydrogens is 218 g/mol. The van der Waals surface area contributed by atoms with Gasteiger partial charge in [0.1, 0.15) is 0 Å². The molecule has 5 nitrogen and oxygen atoms in total. The fourth-order valence-electron chi connectivity index (χ4n) is 2.35. The number of carbonyl (C=O) groups is 1. The van der Waals surface area contributed by atoms with Crippen LogP contribution in [0.4, 0.5) is 0 Å². The van der Waals surface area contributed by atoms with Crippen LogP contribution in [-0.2, 0) is 0 Å². The Hall–Kier alpha value is -1.23. The Morgan fingerprint density at radius 1 is 1.47 bits per heavy atom. The van der Waals surface area contributed by atoms with Crippen LogP contribution in [0.15, 0.2) is 4.52 Å². The van der Waals surface area contributed by atoms with Crippen molar-refractivity contribution in [3.63, 3.8) is 0 Å². The van der Waals surface area contributed by atoms with Gasteiger partial charge >= 0.3 is 0 Å². The fraction of sp³-hybridized carbons (Fsp3) is 0.750. The fourth-order valence-corrected chi connectivity index (χ4v) is 2.35. The summed E-state index contributed by atoms with van der Waals surface area (Å²) in [6.45, 7) is 6.84. The number of hydrogen-bond donors (Lipinski definition) is 0.